The summed E-state index contributed by atoms with van der Waals surface area (Å²) in [6.07, 6.45) is -2.55. The van der Waals surface area contributed by atoms with Crippen LogP contribution in [0.4, 0.5) is 18.0 Å². The molecular formula is C28H32F3N3O4. The molecular weight excluding hydrogens is 499 g/mol. The number of ether oxygens (including phenoxy) is 2. The van der Waals surface area contributed by atoms with Crippen LogP contribution < -0.4 is 4.74 Å². The highest BCUT2D eigenvalue weighted by molar-refractivity contribution is 5.69. The fourth-order valence-corrected chi connectivity index (χ4v) is 4.28. The van der Waals surface area contributed by atoms with Gasteiger partial charge in [-0.25, -0.2) is 4.79 Å². The third-order valence-corrected chi connectivity index (χ3v) is 6.14. The van der Waals surface area contributed by atoms with Gasteiger partial charge in [-0.2, -0.15) is 18.2 Å². The summed E-state index contributed by atoms with van der Waals surface area (Å²) >= 11 is 0. The minimum absolute atomic E-state index is 0.00691. The molecule has 1 fully saturated rings. The van der Waals surface area contributed by atoms with Crippen molar-refractivity contribution < 1.29 is 32.0 Å². The van der Waals surface area contributed by atoms with Gasteiger partial charge in [0.1, 0.15) is 17.4 Å². The van der Waals surface area contributed by atoms with E-state index in [1.165, 1.54) is 17.0 Å². The van der Waals surface area contributed by atoms with Gasteiger partial charge in [0.15, 0.2) is 0 Å². The van der Waals surface area contributed by atoms with Crippen LogP contribution in [-0.2, 0) is 17.3 Å². The Morgan fingerprint density at radius 1 is 1.13 bits per heavy atom. The average molecular weight is 532 g/mol. The Labute approximate surface area is 219 Å². The van der Waals surface area contributed by atoms with Crippen LogP contribution in [0.15, 0.2) is 47.0 Å². The van der Waals surface area contributed by atoms with Crippen molar-refractivity contribution in [3.8, 4) is 17.1 Å². The molecule has 204 valence electrons. The lowest BCUT2D eigenvalue weighted by molar-refractivity contribution is -0.138. The molecule has 1 aliphatic heterocycles. The minimum Gasteiger partial charge on any atom is -0.493 e. The number of amides is 1. The third-order valence-electron chi connectivity index (χ3n) is 6.14. The zero-order chi connectivity index (χ0) is 27.5. The Bertz CT molecular complexity index is 1250. The largest absolute Gasteiger partial charge is 0.493 e. The predicted octanol–water partition coefficient (Wildman–Crippen LogP) is 7.15. The number of rotatable bonds is 7. The Balaban J connectivity index is 1.46. The molecule has 0 spiro atoms. The molecule has 1 aromatic heterocycles. The summed E-state index contributed by atoms with van der Waals surface area (Å²) < 4.78 is 58.0. The Morgan fingerprint density at radius 2 is 1.87 bits per heavy atom. The molecule has 0 bridgehead atoms. The van der Waals surface area contributed by atoms with Crippen LogP contribution in [0.2, 0.25) is 0 Å². The van der Waals surface area contributed by atoms with Gasteiger partial charge in [0, 0.05) is 12.1 Å². The number of aromatic nitrogens is 2. The smallest absolute Gasteiger partial charge is 0.419 e. The summed E-state index contributed by atoms with van der Waals surface area (Å²) in [5.41, 5.74) is 0.820. The number of halogens is 3. The van der Waals surface area contributed by atoms with Crippen molar-refractivity contribution in [2.24, 2.45) is 0 Å². The molecule has 0 aliphatic carbocycles. The maximum atomic E-state index is 13.9. The lowest BCUT2D eigenvalue weighted by atomic mass is 10.1. The van der Waals surface area contributed by atoms with Gasteiger partial charge in [-0.15, -0.1) is 0 Å². The van der Waals surface area contributed by atoms with Crippen molar-refractivity contribution in [3.05, 3.63) is 65.0 Å². The van der Waals surface area contributed by atoms with Crippen LogP contribution in [0, 0.1) is 6.92 Å². The van der Waals surface area contributed by atoms with Crippen LogP contribution in [0.1, 0.15) is 68.7 Å². The fourth-order valence-electron chi connectivity index (χ4n) is 4.28. The van der Waals surface area contributed by atoms with Gasteiger partial charge >= 0.3 is 12.3 Å². The van der Waals surface area contributed by atoms with E-state index in [9.17, 15) is 18.0 Å². The lowest BCUT2D eigenvalue weighted by Gasteiger charge is -2.26. The number of carbonyl (C=O) groups excluding carboxylic acids is 1. The number of hydrogen-bond acceptors (Lipinski definition) is 6. The highest BCUT2D eigenvalue weighted by Crippen LogP contribution is 2.39. The molecule has 7 nitrogen and oxygen atoms in total. The van der Waals surface area contributed by atoms with E-state index in [1.807, 2.05) is 31.2 Å². The second-order valence-corrected chi connectivity index (χ2v) is 10.4. The quantitative estimate of drug-likeness (QED) is 0.302. The Morgan fingerprint density at radius 3 is 2.55 bits per heavy atom. The third kappa shape index (κ3) is 6.85. The minimum atomic E-state index is -4.63. The van der Waals surface area contributed by atoms with Crippen molar-refractivity contribution in [1.29, 1.82) is 0 Å². The van der Waals surface area contributed by atoms with Gasteiger partial charge in [-0.05, 0) is 77.1 Å². The van der Waals surface area contributed by atoms with Crippen molar-refractivity contribution in [2.75, 3.05) is 13.2 Å². The van der Waals surface area contributed by atoms with E-state index >= 15 is 0 Å². The van der Waals surface area contributed by atoms with Gasteiger partial charge in [-0.3, -0.25) is 4.90 Å². The molecule has 1 aliphatic rings. The van der Waals surface area contributed by atoms with Gasteiger partial charge in [0.05, 0.1) is 12.2 Å². The number of carbonyl (C=O) groups is 1. The predicted molar refractivity (Wildman–Crippen MR) is 135 cm³/mol. The lowest BCUT2D eigenvalue weighted by Crippen LogP contribution is -2.36. The molecule has 2 aromatic carbocycles. The molecule has 4 rings (SSSR count). The van der Waals surface area contributed by atoms with E-state index in [1.54, 1.807) is 20.8 Å². The molecule has 0 saturated carbocycles. The van der Waals surface area contributed by atoms with Crippen LogP contribution in [0.3, 0.4) is 0 Å². The molecule has 38 heavy (non-hydrogen) atoms. The van der Waals surface area contributed by atoms with E-state index in [-0.39, 0.29) is 29.6 Å². The summed E-state index contributed by atoms with van der Waals surface area (Å²) in [6, 6.07) is 11.2. The average Bonchev–Trinajstić information content (AvgIpc) is 3.51. The van der Waals surface area contributed by atoms with E-state index in [2.05, 4.69) is 10.1 Å². The molecule has 2 heterocycles. The Hall–Kier alpha value is -3.56. The first kappa shape index (κ1) is 27.5. The standard InChI is InChI=1S/C28H32F3N3O4/c1-18-9-11-19(12-10-18)7-6-16-36-23-14-13-20(17-21(23)28(29,30)31)24-32-25(38-33-24)22-8-5-15-34(22)26(35)37-27(2,3)4/h9-14,17,22H,5-8,15-16H2,1-4H3/t22-/m0/s1. The first-order valence-electron chi connectivity index (χ1n) is 12.6. The van der Waals surface area contributed by atoms with E-state index in [0.29, 0.717) is 25.8 Å². The number of hydrogen-bond donors (Lipinski definition) is 0. The summed E-state index contributed by atoms with van der Waals surface area (Å²) in [5.74, 6) is -0.0819. The van der Waals surface area contributed by atoms with Crippen molar-refractivity contribution >= 4 is 6.09 Å². The molecule has 3 aromatic rings. The topological polar surface area (TPSA) is 77.7 Å². The number of benzene rings is 2. The van der Waals surface area contributed by atoms with E-state index in [4.69, 9.17) is 14.0 Å². The normalized spacial score (nSPS) is 16.1. The maximum Gasteiger partial charge on any atom is 0.419 e. The molecule has 1 atom stereocenters. The van der Waals surface area contributed by atoms with Crippen LogP contribution >= 0.6 is 0 Å². The highest BCUT2D eigenvalue weighted by Gasteiger charge is 2.38. The zero-order valence-electron chi connectivity index (χ0n) is 22.0. The fraction of sp³-hybridized carbons (Fsp3) is 0.464. The molecule has 1 amide bonds. The molecule has 0 radical (unpaired) electrons. The molecule has 10 heteroatoms. The van der Waals surface area contributed by atoms with Gasteiger partial charge in [0.25, 0.3) is 0 Å². The molecule has 1 saturated heterocycles. The first-order chi connectivity index (χ1) is 17.9. The molecule has 0 unspecified atom stereocenters. The summed E-state index contributed by atoms with van der Waals surface area (Å²) in [4.78, 5) is 18.4. The van der Waals surface area contributed by atoms with Gasteiger partial charge in [0.2, 0.25) is 11.7 Å². The van der Waals surface area contributed by atoms with Gasteiger partial charge < -0.3 is 14.0 Å². The van der Waals surface area contributed by atoms with Crippen molar-refractivity contribution in [1.82, 2.24) is 15.0 Å². The number of alkyl halides is 3. The number of aryl methyl sites for hydroxylation is 2. The highest BCUT2D eigenvalue weighted by atomic mass is 19.4. The second-order valence-electron chi connectivity index (χ2n) is 10.4. The number of nitrogens with zero attached hydrogens (tertiary/aromatic N) is 3. The van der Waals surface area contributed by atoms with Crippen molar-refractivity contribution in [3.63, 3.8) is 0 Å². The monoisotopic (exact) mass is 531 g/mol. The van der Waals surface area contributed by atoms with Crippen LogP contribution in [0.5, 0.6) is 5.75 Å². The van der Waals surface area contributed by atoms with Crippen molar-refractivity contribution in [2.45, 2.75) is 71.2 Å². The van der Waals surface area contributed by atoms with Gasteiger partial charge in [-0.1, -0.05) is 35.0 Å². The summed E-state index contributed by atoms with van der Waals surface area (Å²) in [5, 5.41) is 3.89. The maximum absolute atomic E-state index is 13.9. The summed E-state index contributed by atoms with van der Waals surface area (Å²) in [7, 11) is 0. The SMILES string of the molecule is Cc1ccc(CCCOc2ccc(-c3noc([C@@H]4CCCN4C(=O)OC(C)(C)C)n3)cc2C(F)(F)F)cc1. The first-order valence-corrected chi connectivity index (χ1v) is 12.6. The van der Waals surface area contributed by atoms with E-state index in [0.717, 1.165) is 23.6 Å². The summed E-state index contributed by atoms with van der Waals surface area (Å²) in [6.45, 7) is 7.93. The van der Waals surface area contributed by atoms with E-state index < -0.39 is 29.5 Å². The van der Waals surface area contributed by atoms with Crippen LogP contribution in [0.25, 0.3) is 11.4 Å². The zero-order valence-corrected chi connectivity index (χ0v) is 22.0. The number of likely N-dealkylation sites (tertiary alicyclic amines) is 1. The molecule has 0 N–H and O–H groups in total. The Kier molecular flexibility index (Phi) is 7.99. The second kappa shape index (κ2) is 11.0. The van der Waals surface area contributed by atoms with Crippen LogP contribution in [-0.4, -0.2) is 39.9 Å².